The van der Waals surface area contributed by atoms with Gasteiger partial charge in [-0.1, -0.05) is 6.92 Å². The second-order valence-corrected chi connectivity index (χ2v) is 4.63. The number of nitrogens with one attached hydrogen (secondary N) is 1. The second-order valence-electron chi connectivity index (χ2n) is 4.63. The molecule has 0 spiro atoms. The SMILES string of the molecule is CCNCC1CCN(c2cc(F)cc(F)c2F)C1. The van der Waals surface area contributed by atoms with Crippen molar-refractivity contribution in [1.29, 1.82) is 0 Å². The van der Waals surface area contributed by atoms with Gasteiger partial charge in [0.05, 0.1) is 5.69 Å². The lowest BCUT2D eigenvalue weighted by Gasteiger charge is -2.19. The molecule has 1 aromatic rings. The van der Waals surface area contributed by atoms with E-state index in [9.17, 15) is 13.2 Å². The highest BCUT2D eigenvalue weighted by molar-refractivity contribution is 5.49. The Morgan fingerprint density at radius 2 is 2.11 bits per heavy atom. The first-order valence-corrected chi connectivity index (χ1v) is 6.22. The van der Waals surface area contributed by atoms with Gasteiger partial charge in [0.25, 0.3) is 0 Å². The van der Waals surface area contributed by atoms with E-state index in [1.165, 1.54) is 0 Å². The number of hydrogen-bond donors (Lipinski definition) is 1. The number of anilines is 1. The van der Waals surface area contributed by atoms with Crippen LogP contribution in [0.3, 0.4) is 0 Å². The third-order valence-electron chi connectivity index (χ3n) is 3.28. The minimum absolute atomic E-state index is 0.0338. The summed E-state index contributed by atoms with van der Waals surface area (Å²) in [6.07, 6.45) is 0.907. The summed E-state index contributed by atoms with van der Waals surface area (Å²) < 4.78 is 39.9. The van der Waals surface area contributed by atoms with Crippen molar-refractivity contribution in [3.05, 3.63) is 29.6 Å². The van der Waals surface area contributed by atoms with Crippen molar-refractivity contribution in [3.63, 3.8) is 0 Å². The van der Waals surface area contributed by atoms with Gasteiger partial charge in [0.1, 0.15) is 5.82 Å². The van der Waals surface area contributed by atoms with Crippen LogP contribution < -0.4 is 10.2 Å². The van der Waals surface area contributed by atoms with Crippen molar-refractivity contribution >= 4 is 5.69 Å². The largest absolute Gasteiger partial charge is 0.369 e. The number of rotatable bonds is 4. The molecule has 1 saturated heterocycles. The predicted octanol–water partition coefficient (Wildman–Crippen LogP) is 2.54. The molecule has 0 bridgehead atoms. The van der Waals surface area contributed by atoms with Gasteiger partial charge in [-0.05, 0) is 25.4 Å². The second kappa shape index (κ2) is 5.61. The zero-order chi connectivity index (χ0) is 13.1. The van der Waals surface area contributed by atoms with Gasteiger partial charge in [0.15, 0.2) is 11.6 Å². The van der Waals surface area contributed by atoms with Crippen molar-refractivity contribution in [2.45, 2.75) is 13.3 Å². The first-order valence-electron chi connectivity index (χ1n) is 6.22. The van der Waals surface area contributed by atoms with E-state index in [-0.39, 0.29) is 5.69 Å². The smallest absolute Gasteiger partial charge is 0.182 e. The fraction of sp³-hybridized carbons (Fsp3) is 0.538. The van der Waals surface area contributed by atoms with E-state index < -0.39 is 17.5 Å². The van der Waals surface area contributed by atoms with Crippen molar-refractivity contribution < 1.29 is 13.2 Å². The first-order chi connectivity index (χ1) is 8.61. The van der Waals surface area contributed by atoms with Crippen LogP contribution >= 0.6 is 0 Å². The Kier molecular flexibility index (Phi) is 4.11. The van der Waals surface area contributed by atoms with E-state index in [2.05, 4.69) is 5.32 Å². The standard InChI is InChI=1S/C13H17F3N2/c1-2-17-7-9-3-4-18(8-9)12-6-10(14)5-11(15)13(12)16/h5-6,9,17H,2-4,7-8H2,1H3. The highest BCUT2D eigenvalue weighted by Gasteiger charge is 2.25. The molecule has 1 aliphatic rings. The van der Waals surface area contributed by atoms with Gasteiger partial charge in [0.2, 0.25) is 0 Å². The first kappa shape index (κ1) is 13.2. The number of nitrogens with zero attached hydrogens (tertiary/aromatic N) is 1. The summed E-state index contributed by atoms with van der Waals surface area (Å²) in [7, 11) is 0. The highest BCUT2D eigenvalue weighted by Crippen LogP contribution is 2.28. The van der Waals surface area contributed by atoms with Gasteiger partial charge < -0.3 is 10.2 Å². The average molecular weight is 258 g/mol. The summed E-state index contributed by atoms with van der Waals surface area (Å²) >= 11 is 0. The van der Waals surface area contributed by atoms with Crippen LogP contribution in [0.25, 0.3) is 0 Å². The van der Waals surface area contributed by atoms with E-state index >= 15 is 0 Å². The lowest BCUT2D eigenvalue weighted by atomic mass is 10.1. The summed E-state index contributed by atoms with van der Waals surface area (Å²) in [5.74, 6) is -2.42. The van der Waals surface area contributed by atoms with Crippen LogP contribution in [0.2, 0.25) is 0 Å². The maximum Gasteiger partial charge on any atom is 0.182 e. The van der Waals surface area contributed by atoms with Crippen molar-refractivity contribution in [2.24, 2.45) is 5.92 Å². The molecule has 0 saturated carbocycles. The monoisotopic (exact) mass is 258 g/mol. The summed E-state index contributed by atoms with van der Waals surface area (Å²) in [5.41, 5.74) is 0.0338. The van der Waals surface area contributed by atoms with Crippen LogP contribution in [0.1, 0.15) is 13.3 Å². The van der Waals surface area contributed by atoms with Gasteiger partial charge in [-0.2, -0.15) is 0 Å². The zero-order valence-corrected chi connectivity index (χ0v) is 10.3. The molecule has 1 N–H and O–H groups in total. The lowest BCUT2D eigenvalue weighted by molar-refractivity contribution is 0.492. The number of benzene rings is 1. The van der Waals surface area contributed by atoms with Crippen molar-refractivity contribution in [1.82, 2.24) is 5.32 Å². The Bertz CT molecular complexity index is 423. The van der Waals surface area contributed by atoms with E-state index in [0.717, 1.165) is 25.6 Å². The Labute approximate surface area is 105 Å². The Morgan fingerprint density at radius 1 is 1.33 bits per heavy atom. The molecule has 1 unspecified atom stereocenters. The molecule has 0 amide bonds. The minimum atomic E-state index is -1.12. The van der Waals surface area contributed by atoms with Gasteiger partial charge in [-0.25, -0.2) is 13.2 Å². The van der Waals surface area contributed by atoms with E-state index in [4.69, 9.17) is 0 Å². The molecular formula is C13H17F3N2. The normalized spacial score (nSPS) is 19.6. The quantitative estimate of drug-likeness (QED) is 0.835. The molecule has 100 valence electrons. The Balaban J connectivity index is 2.09. The third-order valence-corrected chi connectivity index (χ3v) is 3.28. The molecule has 1 fully saturated rings. The molecule has 1 heterocycles. The van der Waals surface area contributed by atoms with Crippen LogP contribution in [-0.4, -0.2) is 26.2 Å². The summed E-state index contributed by atoms with van der Waals surface area (Å²) in [5, 5.41) is 3.23. The molecule has 0 aromatic heterocycles. The van der Waals surface area contributed by atoms with Crippen LogP contribution in [0.5, 0.6) is 0 Å². The topological polar surface area (TPSA) is 15.3 Å². The van der Waals surface area contributed by atoms with E-state index in [0.29, 0.717) is 25.1 Å². The summed E-state index contributed by atoms with van der Waals surface area (Å²) in [4.78, 5) is 1.71. The molecule has 5 heteroatoms. The number of halogens is 3. The molecule has 1 atom stereocenters. The Hall–Kier alpha value is -1.23. The van der Waals surface area contributed by atoms with Gasteiger partial charge in [-0.3, -0.25) is 0 Å². The molecule has 1 aliphatic heterocycles. The Morgan fingerprint density at radius 3 is 2.83 bits per heavy atom. The lowest BCUT2D eigenvalue weighted by Crippen LogP contribution is -2.26. The minimum Gasteiger partial charge on any atom is -0.369 e. The maximum absolute atomic E-state index is 13.6. The molecule has 2 nitrogen and oxygen atoms in total. The van der Waals surface area contributed by atoms with Crippen LogP contribution in [0, 0.1) is 23.4 Å². The van der Waals surface area contributed by atoms with Gasteiger partial charge in [-0.15, -0.1) is 0 Å². The predicted molar refractivity (Wildman–Crippen MR) is 65.2 cm³/mol. The van der Waals surface area contributed by atoms with Gasteiger partial charge in [0, 0.05) is 25.2 Å². The molecule has 0 aliphatic carbocycles. The van der Waals surface area contributed by atoms with Crippen molar-refractivity contribution in [2.75, 3.05) is 31.1 Å². The average Bonchev–Trinajstić information content (AvgIpc) is 2.79. The van der Waals surface area contributed by atoms with Crippen molar-refractivity contribution in [3.8, 4) is 0 Å². The molecule has 0 radical (unpaired) electrons. The molecule has 18 heavy (non-hydrogen) atoms. The zero-order valence-electron chi connectivity index (χ0n) is 10.3. The van der Waals surface area contributed by atoms with Gasteiger partial charge >= 0.3 is 0 Å². The van der Waals surface area contributed by atoms with Crippen LogP contribution in [0.4, 0.5) is 18.9 Å². The van der Waals surface area contributed by atoms with Crippen LogP contribution in [0.15, 0.2) is 12.1 Å². The maximum atomic E-state index is 13.6. The fourth-order valence-corrected chi connectivity index (χ4v) is 2.34. The fourth-order valence-electron chi connectivity index (χ4n) is 2.34. The molecule has 1 aromatic carbocycles. The number of hydrogen-bond acceptors (Lipinski definition) is 2. The molecular weight excluding hydrogens is 241 g/mol. The summed E-state index contributed by atoms with van der Waals surface area (Å²) in [6.45, 7) is 5.03. The van der Waals surface area contributed by atoms with E-state index in [1.54, 1.807) is 4.90 Å². The van der Waals surface area contributed by atoms with E-state index in [1.807, 2.05) is 6.92 Å². The summed E-state index contributed by atoms with van der Waals surface area (Å²) in [6, 6.07) is 1.64. The molecule has 2 rings (SSSR count). The third kappa shape index (κ3) is 2.77. The van der Waals surface area contributed by atoms with Crippen LogP contribution in [-0.2, 0) is 0 Å². The highest BCUT2D eigenvalue weighted by atomic mass is 19.2.